The zero-order valence-corrected chi connectivity index (χ0v) is 18.4. The third-order valence-corrected chi connectivity index (χ3v) is 6.28. The summed E-state index contributed by atoms with van der Waals surface area (Å²) in [7, 11) is 1.68. The summed E-state index contributed by atoms with van der Waals surface area (Å²) in [4.78, 5) is 23.0. The van der Waals surface area contributed by atoms with Crippen LogP contribution in [-0.4, -0.2) is 47.5 Å². The number of amides is 1. The third kappa shape index (κ3) is 5.44. The van der Waals surface area contributed by atoms with E-state index in [1.807, 2.05) is 36.4 Å². The summed E-state index contributed by atoms with van der Waals surface area (Å²) >= 11 is 0. The number of aromatic amines is 1. The molecule has 0 radical (unpaired) electrons. The molecule has 6 nitrogen and oxygen atoms in total. The number of carbonyl (C=O) groups is 1. The Balaban J connectivity index is 1.36. The maximum absolute atomic E-state index is 12.6. The number of aromatic nitrogens is 2. The second-order valence-corrected chi connectivity index (χ2v) is 8.51. The predicted molar refractivity (Wildman–Crippen MR) is 123 cm³/mol. The fourth-order valence-corrected chi connectivity index (χ4v) is 4.28. The Labute approximate surface area is 184 Å². The first-order valence-corrected chi connectivity index (χ1v) is 11.2. The topological polar surface area (TPSA) is 70.2 Å². The van der Waals surface area contributed by atoms with Crippen LogP contribution in [0.5, 0.6) is 5.75 Å². The number of aryl methyl sites for hydroxylation is 1. The Morgan fingerprint density at radius 1 is 1.19 bits per heavy atom. The van der Waals surface area contributed by atoms with Gasteiger partial charge in [0.05, 0.1) is 24.2 Å². The van der Waals surface area contributed by atoms with Crippen LogP contribution in [-0.2, 0) is 11.2 Å². The number of nitrogens with one attached hydrogen (secondary N) is 2. The Morgan fingerprint density at radius 2 is 1.94 bits per heavy atom. The van der Waals surface area contributed by atoms with Crippen molar-refractivity contribution in [2.75, 3.05) is 26.7 Å². The van der Waals surface area contributed by atoms with E-state index in [1.165, 1.54) is 18.4 Å². The van der Waals surface area contributed by atoms with Crippen LogP contribution in [0.2, 0.25) is 0 Å². The molecule has 2 heterocycles. The van der Waals surface area contributed by atoms with Crippen LogP contribution >= 0.6 is 0 Å². The van der Waals surface area contributed by atoms with Crippen LogP contribution in [0.4, 0.5) is 0 Å². The largest absolute Gasteiger partial charge is 0.497 e. The van der Waals surface area contributed by atoms with Crippen molar-refractivity contribution in [3.8, 4) is 5.75 Å². The Hall–Kier alpha value is -2.86. The molecule has 1 amide bonds. The van der Waals surface area contributed by atoms with Crippen LogP contribution in [0.15, 0.2) is 48.5 Å². The van der Waals surface area contributed by atoms with Crippen molar-refractivity contribution in [2.24, 2.45) is 5.92 Å². The predicted octanol–water partition coefficient (Wildman–Crippen LogP) is 4.09. The summed E-state index contributed by atoms with van der Waals surface area (Å²) < 4.78 is 5.31. The Kier molecular flexibility index (Phi) is 6.87. The zero-order valence-electron chi connectivity index (χ0n) is 18.4. The molecular weight excluding hydrogens is 388 g/mol. The number of methoxy groups -OCH3 is 1. The van der Waals surface area contributed by atoms with Gasteiger partial charge in [-0.2, -0.15) is 0 Å². The number of hydrogen-bond donors (Lipinski definition) is 2. The summed E-state index contributed by atoms with van der Waals surface area (Å²) in [6, 6.07) is 16.3. The molecule has 1 aromatic heterocycles. The second kappa shape index (κ2) is 9.96. The highest BCUT2D eigenvalue weighted by Crippen LogP contribution is 2.27. The van der Waals surface area contributed by atoms with Crippen LogP contribution in [0, 0.1) is 5.92 Å². The van der Waals surface area contributed by atoms with E-state index >= 15 is 0 Å². The molecule has 2 aromatic carbocycles. The molecule has 1 saturated heterocycles. The molecule has 4 rings (SSSR count). The molecule has 1 aliphatic heterocycles. The van der Waals surface area contributed by atoms with Gasteiger partial charge in [0, 0.05) is 19.4 Å². The number of nitrogens with zero attached hydrogens (tertiary/aromatic N) is 2. The van der Waals surface area contributed by atoms with Crippen molar-refractivity contribution in [3.63, 3.8) is 0 Å². The van der Waals surface area contributed by atoms with E-state index in [0.717, 1.165) is 41.6 Å². The highest BCUT2D eigenvalue weighted by molar-refractivity contribution is 5.77. The smallest absolute Gasteiger partial charge is 0.220 e. The molecule has 0 aliphatic carbocycles. The molecule has 31 heavy (non-hydrogen) atoms. The molecule has 1 aliphatic rings. The van der Waals surface area contributed by atoms with E-state index in [2.05, 4.69) is 39.2 Å². The lowest BCUT2D eigenvalue weighted by atomic mass is 9.95. The lowest BCUT2D eigenvalue weighted by Crippen LogP contribution is -2.42. The fraction of sp³-hybridized carbons (Fsp3) is 0.440. The Morgan fingerprint density at radius 3 is 2.65 bits per heavy atom. The van der Waals surface area contributed by atoms with E-state index in [-0.39, 0.29) is 11.9 Å². The summed E-state index contributed by atoms with van der Waals surface area (Å²) in [5.41, 5.74) is 3.17. The number of ether oxygens (including phenoxy) is 1. The number of carbonyl (C=O) groups excluding carboxylic acids is 1. The first kappa shape index (κ1) is 21.4. The molecule has 3 aromatic rings. The van der Waals surface area contributed by atoms with Gasteiger partial charge in [-0.15, -0.1) is 0 Å². The quantitative estimate of drug-likeness (QED) is 0.576. The van der Waals surface area contributed by atoms with Gasteiger partial charge >= 0.3 is 0 Å². The van der Waals surface area contributed by atoms with E-state index in [1.54, 1.807) is 7.11 Å². The maximum atomic E-state index is 12.6. The SMILES string of the molecule is COc1ccc(C(CNC(=O)CCc2nc3ccccc3[nH]2)N2CCC(C)CC2)cc1. The molecule has 2 N–H and O–H groups in total. The lowest BCUT2D eigenvalue weighted by Gasteiger charge is -2.37. The average Bonchev–Trinajstić information content (AvgIpc) is 3.22. The highest BCUT2D eigenvalue weighted by Gasteiger charge is 2.25. The molecule has 164 valence electrons. The van der Waals surface area contributed by atoms with Crippen LogP contribution in [0.3, 0.4) is 0 Å². The molecule has 6 heteroatoms. The summed E-state index contributed by atoms with van der Waals surface area (Å²) in [5.74, 6) is 2.54. The van der Waals surface area contributed by atoms with Crippen molar-refractivity contribution >= 4 is 16.9 Å². The van der Waals surface area contributed by atoms with Crippen molar-refractivity contribution in [1.82, 2.24) is 20.2 Å². The number of rotatable bonds is 8. The number of fused-ring (bicyclic) bond motifs is 1. The second-order valence-electron chi connectivity index (χ2n) is 8.51. The minimum absolute atomic E-state index is 0.0596. The van der Waals surface area contributed by atoms with Crippen molar-refractivity contribution < 1.29 is 9.53 Å². The number of para-hydroxylation sites is 2. The monoisotopic (exact) mass is 420 g/mol. The number of benzene rings is 2. The van der Waals surface area contributed by atoms with Crippen LogP contribution in [0.1, 0.15) is 43.6 Å². The van der Waals surface area contributed by atoms with Crippen molar-refractivity contribution in [2.45, 2.75) is 38.6 Å². The molecule has 1 atom stereocenters. The lowest BCUT2D eigenvalue weighted by molar-refractivity contribution is -0.121. The number of imidazole rings is 1. The normalized spacial score (nSPS) is 16.3. The fourth-order valence-electron chi connectivity index (χ4n) is 4.28. The van der Waals surface area contributed by atoms with Gasteiger partial charge in [-0.05, 0) is 61.7 Å². The maximum Gasteiger partial charge on any atom is 0.220 e. The standard InChI is InChI=1S/C25H32N4O2/c1-18-13-15-29(16-14-18)23(19-7-9-20(31-2)10-8-19)17-26-25(30)12-11-24-27-21-5-3-4-6-22(21)28-24/h3-10,18,23H,11-17H2,1-2H3,(H,26,30)(H,27,28). The molecule has 0 bridgehead atoms. The molecular formula is C25H32N4O2. The molecule has 0 saturated carbocycles. The Bertz CT molecular complexity index is 957. The van der Waals surface area contributed by atoms with Crippen LogP contribution in [0.25, 0.3) is 11.0 Å². The first-order valence-electron chi connectivity index (χ1n) is 11.2. The van der Waals surface area contributed by atoms with Gasteiger partial charge in [0.1, 0.15) is 11.6 Å². The molecule has 1 fully saturated rings. The van der Waals surface area contributed by atoms with Crippen molar-refractivity contribution in [3.05, 3.63) is 59.9 Å². The number of piperidine rings is 1. The van der Waals surface area contributed by atoms with E-state index < -0.39 is 0 Å². The van der Waals surface area contributed by atoms with Gasteiger partial charge in [-0.25, -0.2) is 4.98 Å². The van der Waals surface area contributed by atoms with Gasteiger partial charge in [-0.3, -0.25) is 9.69 Å². The van der Waals surface area contributed by atoms with Gasteiger partial charge < -0.3 is 15.0 Å². The van der Waals surface area contributed by atoms with Gasteiger partial charge in [0.25, 0.3) is 0 Å². The third-order valence-electron chi connectivity index (χ3n) is 6.28. The number of hydrogen-bond acceptors (Lipinski definition) is 4. The molecule has 0 spiro atoms. The first-order chi connectivity index (χ1) is 15.1. The average molecular weight is 421 g/mol. The van der Waals surface area contributed by atoms with Gasteiger partial charge in [0.15, 0.2) is 0 Å². The van der Waals surface area contributed by atoms with Crippen molar-refractivity contribution in [1.29, 1.82) is 0 Å². The highest BCUT2D eigenvalue weighted by atomic mass is 16.5. The minimum Gasteiger partial charge on any atom is -0.497 e. The van der Waals surface area contributed by atoms with E-state index in [4.69, 9.17) is 4.74 Å². The molecule has 1 unspecified atom stereocenters. The van der Waals surface area contributed by atoms with E-state index in [9.17, 15) is 4.79 Å². The van der Waals surface area contributed by atoms with Gasteiger partial charge in [-0.1, -0.05) is 31.2 Å². The zero-order chi connectivity index (χ0) is 21.6. The number of H-pyrrole nitrogens is 1. The van der Waals surface area contributed by atoms with E-state index in [0.29, 0.717) is 19.4 Å². The summed E-state index contributed by atoms with van der Waals surface area (Å²) in [5, 5.41) is 3.17. The number of likely N-dealkylation sites (tertiary alicyclic amines) is 1. The van der Waals surface area contributed by atoms with Gasteiger partial charge in [0.2, 0.25) is 5.91 Å². The minimum atomic E-state index is 0.0596. The van der Waals surface area contributed by atoms with Crippen LogP contribution < -0.4 is 10.1 Å². The summed E-state index contributed by atoms with van der Waals surface area (Å²) in [6.45, 7) is 5.05. The summed E-state index contributed by atoms with van der Waals surface area (Å²) in [6.07, 6.45) is 3.43.